The number of para-hydroxylation sites is 4. The van der Waals surface area contributed by atoms with E-state index < -0.39 is 24.2 Å². The fourth-order valence-electron chi connectivity index (χ4n) is 8.92. The molecule has 0 spiro atoms. The fraction of sp³-hybridized carbons (Fsp3) is 0.149. The van der Waals surface area contributed by atoms with Crippen LogP contribution >= 0.6 is 0 Å². The third-order valence-corrected chi connectivity index (χ3v) is 25.9. The van der Waals surface area contributed by atoms with Gasteiger partial charge >= 0.3 is 0 Å². The van der Waals surface area contributed by atoms with Crippen LogP contribution in [0, 0.1) is 0 Å². The first kappa shape index (κ1) is 34.4. The van der Waals surface area contributed by atoms with Gasteiger partial charge in [-0.3, -0.25) is 0 Å². The Morgan fingerprint density at radius 1 is 0.537 bits per heavy atom. The van der Waals surface area contributed by atoms with Gasteiger partial charge in [-0.25, -0.2) is 9.97 Å². The highest BCUT2D eigenvalue weighted by atomic mass is 28.3. The molecule has 0 radical (unpaired) electrons. The maximum absolute atomic E-state index is 7.33. The van der Waals surface area contributed by atoms with E-state index in [1.54, 1.807) is 0 Å². The van der Waals surface area contributed by atoms with E-state index in [2.05, 4.69) is 192 Å². The Morgan fingerprint density at radius 3 is 1.83 bits per heavy atom. The van der Waals surface area contributed by atoms with Gasteiger partial charge in [0.15, 0.2) is 5.82 Å². The minimum atomic E-state index is -3.20. The summed E-state index contributed by atoms with van der Waals surface area (Å²) in [7, 11) is -7.49. The van der Waals surface area contributed by atoms with Crippen LogP contribution in [0.2, 0.25) is 26.2 Å². The second-order valence-corrected chi connectivity index (χ2v) is 29.3. The number of hydrogen-bond donors (Lipinski definition) is 0. The Labute approximate surface area is 321 Å². The highest BCUT2D eigenvalue weighted by Crippen LogP contribution is 2.44. The molecule has 0 aliphatic carbocycles. The molecule has 0 atom stereocenters. The Bertz CT molecular complexity index is 2510. The molecule has 7 heteroatoms. The van der Waals surface area contributed by atoms with Crippen LogP contribution < -0.4 is 45.9 Å². The van der Waals surface area contributed by atoms with Crippen molar-refractivity contribution in [3.63, 3.8) is 0 Å². The Balaban J connectivity index is 1.35. The molecule has 4 nitrogen and oxygen atoms in total. The number of ether oxygens (including phenoxy) is 2. The molecule has 0 saturated carbocycles. The summed E-state index contributed by atoms with van der Waals surface area (Å²) in [5, 5.41) is 8.50. The molecule has 266 valence electrons. The summed E-state index contributed by atoms with van der Waals surface area (Å²) in [5.41, 5.74) is 2.18. The van der Waals surface area contributed by atoms with Gasteiger partial charge in [0.1, 0.15) is 31.1 Å². The topological polar surface area (TPSA) is 44.2 Å². The van der Waals surface area contributed by atoms with Crippen LogP contribution in [0.15, 0.2) is 158 Å². The van der Waals surface area contributed by atoms with Gasteiger partial charge in [-0.15, -0.1) is 0 Å². The van der Waals surface area contributed by atoms with E-state index >= 15 is 0 Å². The molecule has 0 saturated heterocycles. The molecule has 2 aliphatic rings. The average Bonchev–Trinajstić information content (AvgIpc) is 3.26. The zero-order valence-electron chi connectivity index (χ0n) is 31.7. The minimum Gasteiger partial charge on any atom is -0.457 e. The SMILES string of the molecule is CC1(C)c2ccccc2Oc2c([Si](c3ccccc3)(c3ccccc3)c3ccnc(-c4cccc5c4Oc4ccccc4[Si]5(C)C)n3)cccc2[Si]1(C)C. The molecule has 0 bridgehead atoms. The third kappa shape index (κ3) is 4.99. The first-order valence-corrected chi connectivity index (χ1v) is 26.8. The lowest BCUT2D eigenvalue weighted by Crippen LogP contribution is -2.76. The molecular weight excluding hydrogens is 709 g/mol. The van der Waals surface area contributed by atoms with Crippen molar-refractivity contribution >= 4 is 60.7 Å². The Kier molecular flexibility index (Phi) is 8.04. The van der Waals surface area contributed by atoms with Gasteiger partial charge in [0.05, 0.1) is 13.6 Å². The van der Waals surface area contributed by atoms with Crippen molar-refractivity contribution in [1.29, 1.82) is 0 Å². The summed E-state index contributed by atoms with van der Waals surface area (Å²) >= 11 is 0. The molecule has 2 aliphatic heterocycles. The van der Waals surface area contributed by atoms with E-state index in [0.29, 0.717) is 5.82 Å². The smallest absolute Gasteiger partial charge is 0.205 e. The molecule has 0 unspecified atom stereocenters. The summed E-state index contributed by atoms with van der Waals surface area (Å²) in [5.74, 6) is 4.39. The van der Waals surface area contributed by atoms with Crippen LogP contribution in [-0.4, -0.2) is 34.2 Å². The monoisotopic (exact) mass is 752 g/mol. The Hall–Kier alpha value is -5.35. The molecule has 0 amide bonds. The molecule has 3 heterocycles. The maximum Gasteiger partial charge on any atom is 0.205 e. The van der Waals surface area contributed by atoms with E-state index in [0.717, 1.165) is 33.9 Å². The lowest BCUT2D eigenvalue weighted by atomic mass is 10.0. The van der Waals surface area contributed by atoms with Gasteiger partial charge < -0.3 is 9.47 Å². The maximum atomic E-state index is 7.33. The van der Waals surface area contributed by atoms with Crippen molar-refractivity contribution in [2.24, 2.45) is 0 Å². The fourth-order valence-corrected chi connectivity index (χ4v) is 19.4. The van der Waals surface area contributed by atoms with Crippen molar-refractivity contribution in [3.8, 4) is 34.4 Å². The molecule has 0 N–H and O–H groups in total. The minimum absolute atomic E-state index is 0.0820. The van der Waals surface area contributed by atoms with Gasteiger partial charge in [-0.05, 0) is 66.0 Å². The summed E-state index contributed by atoms with van der Waals surface area (Å²) < 4.78 is 14.1. The van der Waals surface area contributed by atoms with Gasteiger partial charge in [-0.2, -0.15) is 0 Å². The summed E-state index contributed by atoms with van der Waals surface area (Å²) in [6.07, 6.45) is 1.95. The quantitative estimate of drug-likeness (QED) is 0.141. The number of benzene rings is 6. The number of rotatable bonds is 5. The highest BCUT2D eigenvalue weighted by Gasteiger charge is 2.51. The zero-order chi connectivity index (χ0) is 37.3. The molecular formula is C47H44N2O2Si3. The van der Waals surface area contributed by atoms with Crippen LogP contribution in [0.25, 0.3) is 11.4 Å². The standard InChI is InChI=1S/C47H44N2O2Si3/c1-47(2)36-24-13-14-25-37(36)50-45-41(53(47,5)6)29-18-30-42(45)54(33-19-9-7-10-20-33,34-21-11-8-12-22-34)43-31-32-48-46(49-43)35-23-17-28-40-44(35)51-38-26-15-16-27-39(38)52(40,3)4/h7-32H,1-6H3. The molecule has 9 rings (SSSR count). The highest BCUT2D eigenvalue weighted by molar-refractivity contribution is 7.20. The number of fused-ring (bicyclic) bond motifs is 4. The molecule has 7 aromatic rings. The van der Waals surface area contributed by atoms with E-state index in [9.17, 15) is 0 Å². The van der Waals surface area contributed by atoms with E-state index in [4.69, 9.17) is 19.4 Å². The van der Waals surface area contributed by atoms with Crippen molar-refractivity contribution in [2.45, 2.75) is 45.1 Å². The second kappa shape index (κ2) is 12.6. The number of hydrogen-bond acceptors (Lipinski definition) is 4. The first-order valence-electron chi connectivity index (χ1n) is 18.8. The van der Waals surface area contributed by atoms with Crippen molar-refractivity contribution in [2.75, 3.05) is 0 Å². The van der Waals surface area contributed by atoms with Crippen molar-refractivity contribution in [3.05, 3.63) is 163 Å². The van der Waals surface area contributed by atoms with Crippen LogP contribution in [0.4, 0.5) is 0 Å². The normalized spacial score (nSPS) is 16.0. The number of aromatic nitrogens is 2. The summed E-state index contributed by atoms with van der Waals surface area (Å²) in [6.45, 7) is 14.6. The van der Waals surface area contributed by atoms with Crippen LogP contribution in [0.1, 0.15) is 19.4 Å². The average molecular weight is 753 g/mol. The largest absolute Gasteiger partial charge is 0.457 e. The molecule has 0 fully saturated rings. The van der Waals surface area contributed by atoms with Crippen LogP contribution in [-0.2, 0) is 5.04 Å². The van der Waals surface area contributed by atoms with Crippen molar-refractivity contribution < 1.29 is 9.47 Å². The Morgan fingerprint density at radius 2 is 1.11 bits per heavy atom. The molecule has 54 heavy (non-hydrogen) atoms. The van der Waals surface area contributed by atoms with Gasteiger partial charge in [-0.1, -0.05) is 167 Å². The predicted molar refractivity (Wildman–Crippen MR) is 231 cm³/mol. The zero-order valence-corrected chi connectivity index (χ0v) is 34.7. The van der Waals surface area contributed by atoms with E-state index in [1.807, 2.05) is 6.20 Å². The lowest BCUT2D eigenvalue weighted by Gasteiger charge is -2.40. The van der Waals surface area contributed by atoms with E-state index in [1.165, 1.54) is 36.7 Å². The lowest BCUT2D eigenvalue weighted by molar-refractivity contribution is 0.480. The predicted octanol–water partition coefficient (Wildman–Crippen LogP) is 6.99. The first-order chi connectivity index (χ1) is 26.1. The molecule has 1 aromatic heterocycles. The second-order valence-electron chi connectivity index (χ2n) is 16.2. The van der Waals surface area contributed by atoms with Gasteiger partial charge in [0.25, 0.3) is 0 Å². The van der Waals surface area contributed by atoms with E-state index in [-0.39, 0.29) is 5.04 Å². The van der Waals surface area contributed by atoms with Gasteiger partial charge in [0, 0.05) is 11.5 Å². The van der Waals surface area contributed by atoms with Gasteiger partial charge in [0.2, 0.25) is 8.07 Å². The van der Waals surface area contributed by atoms with Crippen LogP contribution in [0.3, 0.4) is 0 Å². The van der Waals surface area contributed by atoms with Crippen LogP contribution in [0.5, 0.6) is 23.0 Å². The summed E-state index contributed by atoms with van der Waals surface area (Å²) in [4.78, 5) is 10.7. The summed E-state index contributed by atoms with van der Waals surface area (Å²) in [6, 6.07) is 54.7. The molecule has 6 aromatic carbocycles. The van der Waals surface area contributed by atoms with Crippen molar-refractivity contribution in [1.82, 2.24) is 9.97 Å². The number of nitrogens with zero attached hydrogens (tertiary/aromatic N) is 2. The third-order valence-electron chi connectivity index (χ3n) is 12.6.